The van der Waals surface area contributed by atoms with E-state index in [1.165, 1.54) is 10.8 Å². The fourth-order valence-electron chi connectivity index (χ4n) is 6.55. The van der Waals surface area contributed by atoms with Gasteiger partial charge in [0.05, 0.1) is 45.0 Å². The smallest absolute Gasteiger partial charge is 0.0956 e. The molecule has 9 aromatic rings. The lowest BCUT2D eigenvalue weighted by Crippen LogP contribution is -1.98. The van der Waals surface area contributed by atoms with Crippen molar-refractivity contribution in [2.45, 2.75) is 0 Å². The van der Waals surface area contributed by atoms with Crippen molar-refractivity contribution in [2.75, 3.05) is 0 Å². The molecule has 0 amide bonds. The number of aromatic nitrogens is 5. The highest BCUT2D eigenvalue weighted by Crippen LogP contribution is 2.41. The number of pyridine rings is 4. The van der Waals surface area contributed by atoms with Gasteiger partial charge in [-0.2, -0.15) is 0 Å². The molecule has 220 valence electrons. The number of nitrogens with zero attached hydrogens (tertiary/aromatic N) is 5. The molecule has 0 radical (unpaired) electrons. The van der Waals surface area contributed by atoms with Gasteiger partial charge in [0.1, 0.15) is 0 Å². The summed E-state index contributed by atoms with van der Waals surface area (Å²) in [5.41, 5.74) is 11.7. The Morgan fingerprint density at radius 2 is 1.04 bits per heavy atom. The standard InChI is InChI=1S/C42H27N5/c1-2-12-29(13-3-1)41-42-40(32-14-4-6-16-34(32)46-41)33-15-5-7-19-39(33)47(42)31-22-20-28(21-23-31)30-26-37(35-17-8-10-24-43-35)45-38(27-30)36-18-9-11-25-44-36/h1-27H. The molecule has 9 rings (SSSR count). The largest absolute Gasteiger partial charge is 0.307 e. The van der Waals surface area contributed by atoms with Crippen LogP contribution in [0.25, 0.3) is 83.6 Å². The normalized spacial score (nSPS) is 11.4. The maximum absolute atomic E-state index is 5.26. The van der Waals surface area contributed by atoms with Crippen LogP contribution in [-0.4, -0.2) is 24.5 Å². The quantitative estimate of drug-likeness (QED) is 0.197. The molecular formula is C42H27N5. The van der Waals surface area contributed by atoms with Crippen molar-refractivity contribution in [2.24, 2.45) is 0 Å². The minimum absolute atomic E-state index is 0.806. The Labute approximate surface area is 271 Å². The van der Waals surface area contributed by atoms with Crippen LogP contribution in [0.3, 0.4) is 0 Å². The van der Waals surface area contributed by atoms with E-state index in [-0.39, 0.29) is 0 Å². The number of hydrogen-bond acceptors (Lipinski definition) is 4. The molecule has 0 aliphatic heterocycles. The minimum Gasteiger partial charge on any atom is -0.307 e. The third-order valence-electron chi connectivity index (χ3n) is 8.69. The van der Waals surface area contributed by atoms with Crippen LogP contribution in [0, 0.1) is 0 Å². The van der Waals surface area contributed by atoms with E-state index in [2.05, 4.69) is 124 Å². The lowest BCUT2D eigenvalue weighted by molar-refractivity contribution is 1.17. The Kier molecular flexibility index (Phi) is 6.39. The van der Waals surface area contributed by atoms with E-state index in [4.69, 9.17) is 9.97 Å². The Balaban J connectivity index is 1.26. The molecule has 0 atom stereocenters. The molecule has 0 aliphatic carbocycles. The number of benzene rings is 4. The molecule has 5 aromatic heterocycles. The summed E-state index contributed by atoms with van der Waals surface area (Å²) in [6.07, 6.45) is 3.60. The van der Waals surface area contributed by atoms with Crippen molar-refractivity contribution < 1.29 is 0 Å². The predicted octanol–water partition coefficient (Wildman–Crippen LogP) is 10.2. The molecule has 0 N–H and O–H groups in total. The van der Waals surface area contributed by atoms with Crippen LogP contribution in [-0.2, 0) is 0 Å². The van der Waals surface area contributed by atoms with Crippen LogP contribution in [0.5, 0.6) is 0 Å². The maximum Gasteiger partial charge on any atom is 0.0956 e. The predicted molar refractivity (Wildman–Crippen MR) is 191 cm³/mol. The molecule has 0 unspecified atom stereocenters. The molecule has 5 heterocycles. The van der Waals surface area contributed by atoms with Crippen LogP contribution in [0.15, 0.2) is 164 Å². The van der Waals surface area contributed by atoms with Gasteiger partial charge in [-0.3, -0.25) is 9.97 Å². The first-order chi connectivity index (χ1) is 23.3. The second-order valence-electron chi connectivity index (χ2n) is 11.5. The van der Waals surface area contributed by atoms with Crippen LogP contribution in [0.2, 0.25) is 0 Å². The summed E-state index contributed by atoms with van der Waals surface area (Å²) in [7, 11) is 0. The Morgan fingerprint density at radius 3 is 1.72 bits per heavy atom. The zero-order chi connectivity index (χ0) is 31.2. The van der Waals surface area contributed by atoms with E-state index >= 15 is 0 Å². The van der Waals surface area contributed by atoms with Crippen LogP contribution in [0.4, 0.5) is 0 Å². The highest BCUT2D eigenvalue weighted by molar-refractivity contribution is 6.23. The van der Waals surface area contributed by atoms with Crippen molar-refractivity contribution in [1.29, 1.82) is 0 Å². The summed E-state index contributed by atoms with van der Waals surface area (Å²) < 4.78 is 2.36. The van der Waals surface area contributed by atoms with E-state index < -0.39 is 0 Å². The average Bonchev–Trinajstić information content (AvgIpc) is 3.51. The lowest BCUT2D eigenvalue weighted by Gasteiger charge is -2.14. The van der Waals surface area contributed by atoms with Crippen LogP contribution in [0.1, 0.15) is 0 Å². The number of fused-ring (bicyclic) bond motifs is 5. The summed E-state index contributed by atoms with van der Waals surface area (Å²) in [6.45, 7) is 0. The summed E-state index contributed by atoms with van der Waals surface area (Å²) >= 11 is 0. The van der Waals surface area contributed by atoms with Gasteiger partial charge in [-0.25, -0.2) is 9.97 Å². The third-order valence-corrected chi connectivity index (χ3v) is 8.69. The molecule has 5 heteroatoms. The minimum atomic E-state index is 0.806. The van der Waals surface area contributed by atoms with E-state index in [0.717, 1.165) is 72.8 Å². The van der Waals surface area contributed by atoms with Gasteiger partial charge in [0, 0.05) is 39.8 Å². The molecular weight excluding hydrogens is 574 g/mol. The van der Waals surface area contributed by atoms with Gasteiger partial charge < -0.3 is 4.57 Å². The molecule has 47 heavy (non-hydrogen) atoms. The topological polar surface area (TPSA) is 56.5 Å². The van der Waals surface area contributed by atoms with E-state index in [1.54, 1.807) is 12.4 Å². The van der Waals surface area contributed by atoms with Crippen molar-refractivity contribution in [1.82, 2.24) is 24.5 Å². The van der Waals surface area contributed by atoms with E-state index in [9.17, 15) is 0 Å². The zero-order valence-electron chi connectivity index (χ0n) is 25.3. The fourth-order valence-corrected chi connectivity index (χ4v) is 6.55. The number of rotatable bonds is 5. The van der Waals surface area contributed by atoms with Gasteiger partial charge in [-0.15, -0.1) is 0 Å². The van der Waals surface area contributed by atoms with Gasteiger partial charge in [0.25, 0.3) is 0 Å². The summed E-state index contributed by atoms with van der Waals surface area (Å²) in [5.74, 6) is 0. The maximum atomic E-state index is 5.26. The summed E-state index contributed by atoms with van der Waals surface area (Å²) in [6, 6.07) is 52.4. The number of hydrogen-bond donors (Lipinski definition) is 0. The zero-order valence-corrected chi connectivity index (χ0v) is 25.3. The molecule has 0 saturated carbocycles. The Morgan fingerprint density at radius 1 is 0.426 bits per heavy atom. The van der Waals surface area contributed by atoms with Gasteiger partial charge in [0.15, 0.2) is 0 Å². The van der Waals surface area contributed by atoms with Gasteiger partial charge in [0.2, 0.25) is 0 Å². The second kappa shape index (κ2) is 11.2. The molecule has 0 aliphatic rings. The Bertz CT molecular complexity index is 2480. The van der Waals surface area contributed by atoms with Crippen molar-refractivity contribution in [3.8, 4) is 50.8 Å². The first-order valence-electron chi connectivity index (χ1n) is 15.6. The summed E-state index contributed by atoms with van der Waals surface area (Å²) in [4.78, 5) is 19.4. The number of para-hydroxylation sites is 2. The molecule has 4 aromatic carbocycles. The molecule has 0 saturated heterocycles. The Hall–Kier alpha value is -6.46. The first-order valence-corrected chi connectivity index (χ1v) is 15.6. The SMILES string of the molecule is c1ccc(-c2nc3ccccc3c3c4ccccc4n(-c4ccc(-c5cc(-c6ccccn6)nc(-c6ccccn6)c5)cc4)c23)cc1. The summed E-state index contributed by atoms with van der Waals surface area (Å²) in [5, 5.41) is 3.56. The van der Waals surface area contributed by atoms with Gasteiger partial charge in [-0.05, 0) is 71.8 Å². The van der Waals surface area contributed by atoms with Crippen molar-refractivity contribution in [3.63, 3.8) is 0 Å². The first kappa shape index (κ1) is 26.9. The van der Waals surface area contributed by atoms with Gasteiger partial charge >= 0.3 is 0 Å². The van der Waals surface area contributed by atoms with Crippen LogP contribution >= 0.6 is 0 Å². The van der Waals surface area contributed by atoms with Gasteiger partial charge in [-0.1, -0.05) is 91.0 Å². The second-order valence-corrected chi connectivity index (χ2v) is 11.5. The van der Waals surface area contributed by atoms with Crippen molar-refractivity contribution >= 4 is 32.7 Å². The molecule has 0 bridgehead atoms. The third kappa shape index (κ3) is 4.64. The molecule has 0 fully saturated rings. The van der Waals surface area contributed by atoms with E-state index in [1.807, 2.05) is 42.5 Å². The highest BCUT2D eigenvalue weighted by atomic mass is 15.0. The van der Waals surface area contributed by atoms with E-state index in [0.29, 0.717) is 0 Å². The monoisotopic (exact) mass is 601 g/mol. The molecule has 5 nitrogen and oxygen atoms in total. The lowest BCUT2D eigenvalue weighted by atomic mass is 10.0. The van der Waals surface area contributed by atoms with Crippen molar-refractivity contribution in [3.05, 3.63) is 164 Å². The average molecular weight is 602 g/mol. The fraction of sp³-hybridized carbons (Fsp3) is 0. The highest BCUT2D eigenvalue weighted by Gasteiger charge is 2.20. The molecule has 0 spiro atoms. The van der Waals surface area contributed by atoms with Crippen LogP contribution < -0.4 is 0 Å².